The van der Waals surface area contributed by atoms with Crippen LogP contribution < -0.4 is 4.74 Å². The number of esters is 1. The molecular formula is C35H42N4O8. The first-order valence-electron chi connectivity index (χ1n) is 16.3. The van der Waals surface area contributed by atoms with E-state index < -0.39 is 23.7 Å². The summed E-state index contributed by atoms with van der Waals surface area (Å²) in [7, 11) is 1.27. The zero-order valence-electron chi connectivity index (χ0n) is 26.4. The molecule has 1 saturated carbocycles. The molecule has 2 aliphatic carbocycles. The topological polar surface area (TPSA) is 169 Å². The number of aliphatic hydroxyl groups excluding tert-OH is 2. The van der Waals surface area contributed by atoms with Crippen LogP contribution in [0.5, 0.6) is 11.5 Å². The Morgan fingerprint density at radius 3 is 2.60 bits per heavy atom. The van der Waals surface area contributed by atoms with Gasteiger partial charge in [0, 0.05) is 31.1 Å². The number of nitrogens with zero attached hydrogens (tertiary/aromatic N) is 4. The van der Waals surface area contributed by atoms with Crippen molar-refractivity contribution < 1.29 is 39.5 Å². The number of phenolic OH excluding ortho intramolecular Hbond substituents is 1. The smallest absolute Gasteiger partial charge is 0.358 e. The monoisotopic (exact) mass is 646 g/mol. The van der Waals surface area contributed by atoms with Crippen LogP contribution in [0.3, 0.4) is 0 Å². The number of aromatic nitrogens is 3. The minimum absolute atomic E-state index is 0.00831. The molecule has 12 nitrogen and oxygen atoms in total. The number of hydrogen-bond donors (Lipinski definition) is 4. The van der Waals surface area contributed by atoms with Gasteiger partial charge in [-0.3, -0.25) is 0 Å². The Kier molecular flexibility index (Phi) is 9.90. The van der Waals surface area contributed by atoms with E-state index in [0.29, 0.717) is 24.3 Å². The summed E-state index contributed by atoms with van der Waals surface area (Å²) in [5.74, 6) is -3.03. The van der Waals surface area contributed by atoms with Crippen LogP contribution in [0.15, 0.2) is 71.5 Å². The molecule has 1 aliphatic heterocycles. The van der Waals surface area contributed by atoms with Crippen molar-refractivity contribution in [3.8, 4) is 11.5 Å². The summed E-state index contributed by atoms with van der Waals surface area (Å²) in [4.78, 5) is 18.8. The summed E-state index contributed by atoms with van der Waals surface area (Å²) in [6.07, 6.45) is 7.98. The van der Waals surface area contributed by atoms with Gasteiger partial charge in [0.1, 0.15) is 24.1 Å². The number of methoxy groups -OCH3 is 1. The van der Waals surface area contributed by atoms with Crippen LogP contribution in [0.4, 0.5) is 0 Å². The van der Waals surface area contributed by atoms with E-state index in [-0.39, 0.29) is 55.4 Å². The van der Waals surface area contributed by atoms with Gasteiger partial charge >= 0.3 is 5.97 Å². The third kappa shape index (κ3) is 6.37. The minimum atomic E-state index is -1.90. The van der Waals surface area contributed by atoms with Crippen LogP contribution in [0.25, 0.3) is 0 Å². The van der Waals surface area contributed by atoms with Crippen molar-refractivity contribution in [3.05, 3.63) is 83.2 Å². The summed E-state index contributed by atoms with van der Waals surface area (Å²) in [6, 6.07) is 13.6. The summed E-state index contributed by atoms with van der Waals surface area (Å²) in [5.41, 5.74) is 3.13. The average molecular weight is 647 g/mol. The van der Waals surface area contributed by atoms with Gasteiger partial charge in [-0.2, -0.15) is 0 Å². The van der Waals surface area contributed by atoms with E-state index in [0.717, 1.165) is 42.4 Å². The predicted molar refractivity (Wildman–Crippen MR) is 171 cm³/mol. The van der Waals surface area contributed by atoms with Gasteiger partial charge in [0.15, 0.2) is 5.69 Å². The molecule has 0 radical (unpaired) electrons. The Balaban J connectivity index is 1.52. The van der Waals surface area contributed by atoms with Crippen molar-refractivity contribution >= 4 is 11.7 Å². The second kappa shape index (κ2) is 14.2. The van der Waals surface area contributed by atoms with E-state index >= 15 is 0 Å². The average Bonchev–Trinajstić information content (AvgIpc) is 3.56. The molecule has 0 saturated heterocycles. The Hall–Kier alpha value is -4.26. The minimum Gasteiger partial charge on any atom is -0.508 e. The predicted octanol–water partition coefficient (Wildman–Crippen LogP) is 4.27. The molecule has 3 aromatic rings. The largest absolute Gasteiger partial charge is 0.508 e. The third-order valence-corrected chi connectivity index (χ3v) is 9.77. The van der Waals surface area contributed by atoms with Crippen LogP contribution in [0.1, 0.15) is 78.5 Å². The molecule has 2 heterocycles. The van der Waals surface area contributed by atoms with Crippen molar-refractivity contribution in [2.45, 2.75) is 69.3 Å². The number of unbranched alkanes of at least 4 members (excludes halogenated alkanes) is 2. The van der Waals surface area contributed by atoms with E-state index in [1.54, 1.807) is 12.1 Å². The summed E-state index contributed by atoms with van der Waals surface area (Å²) >= 11 is 0. The van der Waals surface area contributed by atoms with E-state index in [2.05, 4.69) is 21.5 Å². The lowest BCUT2D eigenvalue weighted by Gasteiger charge is -2.56. The number of fused-ring (bicyclic) bond motifs is 2. The number of rotatable bonds is 13. The van der Waals surface area contributed by atoms with Gasteiger partial charge in [-0.1, -0.05) is 59.6 Å². The standard InChI is InChI=1S/C35H42N4O8/c1-45-34(43)29-20-36-38-39(29)31-19-28(37-46-21-22-9-3-2-4-10-22)26-17-23(11-5-7-15-40)25(12-6-8-16-41)32-27-18-24(42)13-14-30(27)47-35(31,44)33(26)32/h2-4,9-10,13-14,17-18,20,23,25,31-33,40-42,44H,5-8,11-12,15-16,19,21H2,1H3/t23-,25+,31-,32+,33+,35+/m0/s1. The van der Waals surface area contributed by atoms with Crippen molar-refractivity contribution in [2.75, 3.05) is 20.3 Å². The molecule has 47 heavy (non-hydrogen) atoms. The van der Waals surface area contributed by atoms with E-state index in [1.165, 1.54) is 24.1 Å². The van der Waals surface area contributed by atoms with Gasteiger partial charge in [-0.15, -0.1) is 5.10 Å². The molecule has 12 heteroatoms. The Labute approximate surface area is 273 Å². The number of carbonyl (C=O) groups is 1. The fourth-order valence-electron chi connectivity index (χ4n) is 7.69. The first-order chi connectivity index (χ1) is 22.9. The molecule has 250 valence electrons. The molecule has 1 aromatic heterocycles. The highest BCUT2D eigenvalue weighted by Gasteiger charge is 2.63. The highest BCUT2D eigenvalue weighted by atomic mass is 16.6. The normalized spacial score (nSPS) is 26.9. The van der Waals surface area contributed by atoms with Crippen molar-refractivity contribution in [1.82, 2.24) is 15.0 Å². The van der Waals surface area contributed by atoms with E-state index in [1.807, 2.05) is 30.3 Å². The zero-order chi connectivity index (χ0) is 33.0. The number of hydrogen-bond acceptors (Lipinski definition) is 11. The molecule has 6 atom stereocenters. The van der Waals surface area contributed by atoms with E-state index in [9.17, 15) is 25.2 Å². The number of ether oxygens (including phenoxy) is 2. The van der Waals surface area contributed by atoms with Gasteiger partial charge in [-0.25, -0.2) is 9.48 Å². The third-order valence-electron chi connectivity index (χ3n) is 9.77. The lowest BCUT2D eigenvalue weighted by Crippen LogP contribution is -2.62. The fourth-order valence-corrected chi connectivity index (χ4v) is 7.69. The molecule has 0 spiro atoms. The number of carbonyl (C=O) groups excluding carboxylic acids is 1. The lowest BCUT2D eigenvalue weighted by atomic mass is 9.55. The number of phenols is 1. The first kappa shape index (κ1) is 32.7. The Morgan fingerprint density at radius 2 is 1.85 bits per heavy atom. The molecule has 3 aliphatic rings. The molecule has 0 amide bonds. The molecular weight excluding hydrogens is 604 g/mol. The van der Waals surface area contributed by atoms with Gasteiger partial charge in [0.05, 0.1) is 24.9 Å². The second-order valence-electron chi connectivity index (χ2n) is 12.5. The maximum absolute atomic E-state index is 12.9. The van der Waals surface area contributed by atoms with Gasteiger partial charge < -0.3 is 34.7 Å². The molecule has 1 fully saturated rings. The SMILES string of the molecule is COC(=O)c1cnnn1[C@H]1CC(=NOCc2ccccc2)C2=C[C@H](CCCCO)[C@@H](CCCCO)[C@@H]3c4cc(O)ccc4O[C@@]1(O)[C@H]23. The Morgan fingerprint density at radius 1 is 1.09 bits per heavy atom. The highest BCUT2D eigenvalue weighted by Crippen LogP contribution is 2.62. The maximum Gasteiger partial charge on any atom is 0.358 e. The molecule has 0 unspecified atom stereocenters. The van der Waals surface area contributed by atoms with Crippen molar-refractivity contribution in [3.63, 3.8) is 0 Å². The number of allylic oxidation sites excluding steroid dienone is 1. The highest BCUT2D eigenvalue weighted by molar-refractivity contribution is 6.02. The zero-order valence-corrected chi connectivity index (χ0v) is 26.4. The van der Waals surface area contributed by atoms with Crippen molar-refractivity contribution in [1.29, 1.82) is 0 Å². The van der Waals surface area contributed by atoms with Crippen molar-refractivity contribution in [2.24, 2.45) is 22.9 Å². The molecule has 4 N–H and O–H groups in total. The van der Waals surface area contributed by atoms with Crippen LogP contribution in [0, 0.1) is 17.8 Å². The Bertz CT molecular complexity index is 1610. The molecule has 6 rings (SSSR count). The molecule has 2 aromatic carbocycles. The van der Waals surface area contributed by atoms with Crippen LogP contribution in [-0.4, -0.2) is 73.2 Å². The molecule has 0 bridgehead atoms. The van der Waals surface area contributed by atoms with E-state index in [4.69, 9.17) is 14.3 Å². The summed E-state index contributed by atoms with van der Waals surface area (Å²) in [5, 5.41) is 55.7. The number of oxime groups is 1. The quantitative estimate of drug-likeness (QED) is 0.120. The van der Waals surface area contributed by atoms with Gasteiger partial charge in [0.2, 0.25) is 5.79 Å². The first-order valence-corrected chi connectivity index (χ1v) is 16.3. The van der Waals surface area contributed by atoms with Crippen LogP contribution in [-0.2, 0) is 16.2 Å². The summed E-state index contributed by atoms with van der Waals surface area (Å²) in [6.45, 7) is 0.396. The number of aromatic hydroxyl groups is 1. The lowest BCUT2D eigenvalue weighted by molar-refractivity contribution is -0.225. The second-order valence-corrected chi connectivity index (χ2v) is 12.5. The van der Waals surface area contributed by atoms with Crippen LogP contribution >= 0.6 is 0 Å². The van der Waals surface area contributed by atoms with Gasteiger partial charge in [-0.05, 0) is 66.9 Å². The van der Waals surface area contributed by atoms with Gasteiger partial charge in [0.25, 0.3) is 0 Å². The fraction of sp³-hybridized carbons (Fsp3) is 0.486. The number of benzene rings is 2. The van der Waals surface area contributed by atoms with Crippen LogP contribution in [0.2, 0.25) is 0 Å². The summed E-state index contributed by atoms with van der Waals surface area (Å²) < 4.78 is 12.9. The maximum atomic E-state index is 12.9. The number of aliphatic hydroxyl groups is 3.